The number of likely N-dealkylation sites (tertiary alicyclic amines) is 1. The second-order valence-electron chi connectivity index (χ2n) is 8.79. The molecule has 4 nitrogen and oxygen atoms in total. The fourth-order valence-corrected chi connectivity index (χ4v) is 5.62. The summed E-state index contributed by atoms with van der Waals surface area (Å²) in [6.45, 7) is 2.65. The Kier molecular flexibility index (Phi) is 4.24. The van der Waals surface area contributed by atoms with Crippen LogP contribution in [0.3, 0.4) is 0 Å². The van der Waals surface area contributed by atoms with Crippen LogP contribution >= 0.6 is 0 Å². The lowest BCUT2D eigenvalue weighted by molar-refractivity contribution is -0.127. The van der Waals surface area contributed by atoms with Gasteiger partial charge in [0.1, 0.15) is 0 Å². The molecule has 4 aliphatic rings. The first kappa shape index (κ1) is 17.6. The summed E-state index contributed by atoms with van der Waals surface area (Å²) in [5, 5.41) is 3.15. The predicted molar refractivity (Wildman–Crippen MR) is 95.8 cm³/mol. The van der Waals surface area contributed by atoms with Crippen molar-refractivity contribution in [1.29, 1.82) is 0 Å². The molecule has 3 heterocycles. The van der Waals surface area contributed by atoms with Crippen LogP contribution in [0.5, 0.6) is 0 Å². The number of halogens is 2. The molecule has 1 saturated carbocycles. The van der Waals surface area contributed by atoms with Crippen molar-refractivity contribution in [3.63, 3.8) is 0 Å². The molecule has 4 atom stereocenters. The Morgan fingerprint density at radius 3 is 2.93 bits per heavy atom. The van der Waals surface area contributed by atoms with Crippen LogP contribution in [-0.4, -0.2) is 42.1 Å². The van der Waals surface area contributed by atoms with Gasteiger partial charge in [0.15, 0.2) is 11.6 Å². The first-order valence-corrected chi connectivity index (χ1v) is 10.2. The van der Waals surface area contributed by atoms with Gasteiger partial charge < -0.3 is 10.1 Å². The van der Waals surface area contributed by atoms with E-state index in [1.165, 1.54) is 0 Å². The second kappa shape index (κ2) is 6.52. The van der Waals surface area contributed by atoms with Crippen molar-refractivity contribution < 1.29 is 18.3 Å². The minimum atomic E-state index is -0.793. The molecule has 1 spiro atoms. The fraction of sp³-hybridized carbons (Fsp3) is 0.667. The monoisotopic (exact) mass is 376 g/mol. The highest BCUT2D eigenvalue weighted by molar-refractivity contribution is 5.79. The molecule has 146 valence electrons. The Morgan fingerprint density at radius 1 is 1.30 bits per heavy atom. The Balaban J connectivity index is 1.26. The molecule has 3 saturated heterocycles. The van der Waals surface area contributed by atoms with E-state index >= 15 is 0 Å². The van der Waals surface area contributed by atoms with Crippen molar-refractivity contribution in [2.24, 2.45) is 17.8 Å². The molecule has 0 aromatic heterocycles. The van der Waals surface area contributed by atoms with Gasteiger partial charge in [-0.25, -0.2) is 8.78 Å². The molecule has 1 amide bonds. The average Bonchev–Trinajstić information content (AvgIpc) is 3.23. The van der Waals surface area contributed by atoms with E-state index in [0.717, 1.165) is 51.3 Å². The van der Waals surface area contributed by atoms with Crippen LogP contribution in [0.1, 0.15) is 37.7 Å². The topological polar surface area (TPSA) is 41.6 Å². The summed E-state index contributed by atoms with van der Waals surface area (Å²) in [4.78, 5) is 14.4. The molecule has 1 aliphatic carbocycles. The predicted octanol–water partition coefficient (Wildman–Crippen LogP) is 2.86. The molecule has 0 unspecified atom stereocenters. The van der Waals surface area contributed by atoms with Crippen LogP contribution in [0.2, 0.25) is 0 Å². The van der Waals surface area contributed by atoms with Gasteiger partial charge in [-0.15, -0.1) is 0 Å². The zero-order chi connectivity index (χ0) is 18.6. The highest BCUT2D eigenvalue weighted by Gasteiger charge is 2.62. The van der Waals surface area contributed by atoms with Crippen molar-refractivity contribution in [2.45, 2.75) is 50.4 Å². The molecule has 3 aliphatic heterocycles. The lowest BCUT2D eigenvalue weighted by atomic mass is 9.73. The van der Waals surface area contributed by atoms with Gasteiger partial charge in [-0.1, -0.05) is 18.6 Å². The quantitative estimate of drug-likeness (QED) is 0.859. The van der Waals surface area contributed by atoms with Gasteiger partial charge in [0.05, 0.1) is 11.7 Å². The molecule has 0 radical (unpaired) electrons. The van der Waals surface area contributed by atoms with E-state index in [1.807, 2.05) is 0 Å². The Morgan fingerprint density at radius 2 is 2.15 bits per heavy atom. The SMILES string of the molecule is O=C(NC[C@H]1[C@H]2CN(Cc3cccc(F)c3F)C[C@]23CC[C@H]1O3)C1CCC1. The molecular formula is C21H26F2N2O2. The normalized spacial score (nSPS) is 35.3. The lowest BCUT2D eigenvalue weighted by Gasteiger charge is -2.31. The third-order valence-corrected chi connectivity index (χ3v) is 7.27. The van der Waals surface area contributed by atoms with Gasteiger partial charge >= 0.3 is 0 Å². The smallest absolute Gasteiger partial charge is 0.223 e. The summed E-state index contributed by atoms with van der Waals surface area (Å²) in [6.07, 6.45) is 5.46. The van der Waals surface area contributed by atoms with E-state index in [9.17, 15) is 13.6 Å². The summed E-state index contributed by atoms with van der Waals surface area (Å²) in [6, 6.07) is 4.37. The maximum absolute atomic E-state index is 14.1. The summed E-state index contributed by atoms with van der Waals surface area (Å²) in [5.74, 6) is -0.468. The van der Waals surface area contributed by atoms with Gasteiger partial charge in [-0.05, 0) is 31.7 Å². The summed E-state index contributed by atoms with van der Waals surface area (Å²) in [5.41, 5.74) is 0.233. The number of fused-ring (bicyclic) bond motifs is 1. The van der Waals surface area contributed by atoms with Crippen LogP contribution in [0.4, 0.5) is 8.78 Å². The van der Waals surface area contributed by atoms with Crippen molar-refractivity contribution >= 4 is 5.91 Å². The highest BCUT2D eigenvalue weighted by atomic mass is 19.2. The Labute approximate surface area is 158 Å². The number of nitrogens with zero attached hydrogens (tertiary/aromatic N) is 1. The maximum atomic E-state index is 14.1. The van der Waals surface area contributed by atoms with E-state index in [-0.39, 0.29) is 23.5 Å². The fourth-order valence-electron chi connectivity index (χ4n) is 5.62. The Hall–Kier alpha value is -1.53. The number of rotatable bonds is 5. The molecule has 4 fully saturated rings. The standard InChI is InChI=1S/C21H26F2N2O2/c22-17-6-2-5-14(19(17)23)10-25-11-16-15(9-24-20(26)13-3-1-4-13)18-7-8-21(16,12-25)27-18/h2,5-6,13,15-16,18H,1,3-4,7-12H2,(H,24,26)/t15-,16+,18+,21+/m0/s1. The number of amides is 1. The van der Waals surface area contributed by atoms with Crippen molar-refractivity contribution in [3.8, 4) is 0 Å². The lowest BCUT2D eigenvalue weighted by Crippen LogP contribution is -2.44. The van der Waals surface area contributed by atoms with Gasteiger partial charge in [-0.2, -0.15) is 0 Å². The summed E-state index contributed by atoms with van der Waals surface area (Å²) in [7, 11) is 0. The van der Waals surface area contributed by atoms with Crippen LogP contribution in [-0.2, 0) is 16.1 Å². The van der Waals surface area contributed by atoms with Gasteiger partial charge in [0.25, 0.3) is 0 Å². The Bertz CT molecular complexity index is 754. The van der Waals surface area contributed by atoms with E-state index < -0.39 is 11.6 Å². The minimum absolute atomic E-state index is 0.166. The number of nitrogens with one attached hydrogen (secondary N) is 1. The van der Waals surface area contributed by atoms with Crippen molar-refractivity contribution in [1.82, 2.24) is 10.2 Å². The van der Waals surface area contributed by atoms with Crippen LogP contribution in [0.15, 0.2) is 18.2 Å². The third-order valence-electron chi connectivity index (χ3n) is 7.27. The number of hydrogen-bond donors (Lipinski definition) is 1. The maximum Gasteiger partial charge on any atom is 0.223 e. The van der Waals surface area contributed by atoms with Crippen molar-refractivity contribution in [2.75, 3.05) is 19.6 Å². The van der Waals surface area contributed by atoms with Gasteiger partial charge in [0, 0.05) is 49.5 Å². The van der Waals surface area contributed by atoms with Crippen LogP contribution < -0.4 is 5.32 Å². The highest BCUT2D eigenvalue weighted by Crippen LogP contribution is 2.54. The number of hydrogen-bond acceptors (Lipinski definition) is 3. The average molecular weight is 376 g/mol. The first-order valence-electron chi connectivity index (χ1n) is 10.2. The third kappa shape index (κ3) is 2.88. The van der Waals surface area contributed by atoms with E-state index in [0.29, 0.717) is 30.5 Å². The van der Waals surface area contributed by atoms with E-state index in [2.05, 4.69) is 10.2 Å². The largest absolute Gasteiger partial charge is 0.370 e. The van der Waals surface area contributed by atoms with Crippen LogP contribution in [0, 0.1) is 29.4 Å². The number of benzene rings is 1. The molecule has 6 heteroatoms. The number of ether oxygens (including phenoxy) is 1. The summed E-state index contributed by atoms with van der Waals surface area (Å²) < 4.78 is 34.0. The second-order valence-corrected chi connectivity index (χ2v) is 8.79. The van der Waals surface area contributed by atoms with Gasteiger partial charge in [-0.3, -0.25) is 9.69 Å². The van der Waals surface area contributed by atoms with Crippen molar-refractivity contribution in [3.05, 3.63) is 35.4 Å². The number of carbonyl (C=O) groups is 1. The molecule has 1 aromatic rings. The molecule has 2 bridgehead atoms. The molecule has 5 rings (SSSR count). The first-order chi connectivity index (χ1) is 13.1. The van der Waals surface area contributed by atoms with E-state index in [1.54, 1.807) is 12.1 Å². The minimum Gasteiger partial charge on any atom is -0.370 e. The van der Waals surface area contributed by atoms with E-state index in [4.69, 9.17) is 4.74 Å². The van der Waals surface area contributed by atoms with Gasteiger partial charge in [0.2, 0.25) is 5.91 Å². The number of carbonyl (C=O) groups excluding carboxylic acids is 1. The van der Waals surface area contributed by atoms with Crippen LogP contribution in [0.25, 0.3) is 0 Å². The zero-order valence-corrected chi connectivity index (χ0v) is 15.4. The molecule has 27 heavy (non-hydrogen) atoms. The molecule has 1 N–H and O–H groups in total. The zero-order valence-electron chi connectivity index (χ0n) is 15.4. The molecular weight excluding hydrogens is 350 g/mol. The molecule has 1 aromatic carbocycles. The summed E-state index contributed by atoms with van der Waals surface area (Å²) >= 11 is 0.